The minimum atomic E-state index is -0.421. The third-order valence-electron chi connectivity index (χ3n) is 3.28. The Hall–Kier alpha value is -2.34. The van der Waals surface area contributed by atoms with Crippen molar-refractivity contribution in [1.82, 2.24) is 4.98 Å². The van der Waals surface area contributed by atoms with Gasteiger partial charge in [0.25, 0.3) is 0 Å². The van der Waals surface area contributed by atoms with Gasteiger partial charge in [0.05, 0.1) is 24.4 Å². The summed E-state index contributed by atoms with van der Waals surface area (Å²) < 4.78 is 10.6. The van der Waals surface area contributed by atoms with Gasteiger partial charge < -0.3 is 19.9 Å². The number of aliphatic hydroxyl groups is 1. The molecule has 0 spiro atoms. The van der Waals surface area contributed by atoms with Crippen molar-refractivity contribution in [1.29, 1.82) is 0 Å². The molecule has 0 bridgehead atoms. The Kier molecular flexibility index (Phi) is 6.17. The molecule has 0 unspecified atom stereocenters. The van der Waals surface area contributed by atoms with Crippen LogP contribution in [0.3, 0.4) is 0 Å². The quantitative estimate of drug-likeness (QED) is 0.575. The Balaban J connectivity index is 2.50. The number of hydrogen-bond donors (Lipinski definition) is 2. The highest BCUT2D eigenvalue weighted by Gasteiger charge is 2.17. The van der Waals surface area contributed by atoms with Gasteiger partial charge >= 0.3 is 5.97 Å². The van der Waals surface area contributed by atoms with Crippen LogP contribution in [0.2, 0.25) is 0 Å². The van der Waals surface area contributed by atoms with Gasteiger partial charge in [0.2, 0.25) is 0 Å². The molecule has 2 aromatic rings. The number of ether oxygens (including phenoxy) is 2. The summed E-state index contributed by atoms with van der Waals surface area (Å²) in [5.41, 5.74) is 1.79. The molecule has 124 valence electrons. The van der Waals surface area contributed by atoms with Crippen LogP contribution >= 0.6 is 0 Å². The summed E-state index contributed by atoms with van der Waals surface area (Å²) in [6, 6.07) is 5.56. The monoisotopic (exact) mass is 318 g/mol. The number of esters is 1. The molecule has 1 aromatic heterocycles. The van der Waals surface area contributed by atoms with E-state index < -0.39 is 5.97 Å². The fourth-order valence-electron chi connectivity index (χ4n) is 2.27. The Morgan fingerprint density at radius 3 is 2.83 bits per heavy atom. The van der Waals surface area contributed by atoms with E-state index >= 15 is 0 Å². The Labute approximate surface area is 135 Å². The summed E-state index contributed by atoms with van der Waals surface area (Å²) >= 11 is 0. The molecule has 0 saturated heterocycles. The van der Waals surface area contributed by atoms with Crippen molar-refractivity contribution < 1.29 is 19.4 Å². The SMILES string of the molecule is CCOC(=O)c1cnc2ccc(OCC)cc2c1NCCCO. The van der Waals surface area contributed by atoms with Crippen LogP contribution in [-0.2, 0) is 4.74 Å². The van der Waals surface area contributed by atoms with Crippen molar-refractivity contribution >= 4 is 22.6 Å². The van der Waals surface area contributed by atoms with Gasteiger partial charge in [0, 0.05) is 24.7 Å². The molecule has 6 nitrogen and oxygen atoms in total. The first-order valence-corrected chi connectivity index (χ1v) is 7.78. The fourth-order valence-corrected chi connectivity index (χ4v) is 2.27. The van der Waals surface area contributed by atoms with Gasteiger partial charge in [-0.15, -0.1) is 0 Å². The summed E-state index contributed by atoms with van der Waals surface area (Å²) in [5, 5.41) is 13.0. The van der Waals surface area contributed by atoms with Gasteiger partial charge in [-0.05, 0) is 38.5 Å². The normalized spacial score (nSPS) is 10.6. The van der Waals surface area contributed by atoms with E-state index in [1.165, 1.54) is 6.20 Å². The second-order valence-corrected chi connectivity index (χ2v) is 4.88. The molecule has 2 rings (SSSR count). The van der Waals surface area contributed by atoms with E-state index in [1.807, 2.05) is 25.1 Å². The van der Waals surface area contributed by atoms with E-state index in [2.05, 4.69) is 10.3 Å². The van der Waals surface area contributed by atoms with E-state index in [1.54, 1.807) is 6.92 Å². The first-order chi connectivity index (χ1) is 11.2. The molecule has 0 fully saturated rings. The number of aromatic nitrogens is 1. The van der Waals surface area contributed by atoms with Gasteiger partial charge in [0.1, 0.15) is 11.3 Å². The molecule has 1 aromatic carbocycles. The zero-order chi connectivity index (χ0) is 16.7. The summed E-state index contributed by atoms with van der Waals surface area (Å²) in [4.78, 5) is 16.5. The number of fused-ring (bicyclic) bond motifs is 1. The Morgan fingerprint density at radius 1 is 1.30 bits per heavy atom. The van der Waals surface area contributed by atoms with Crippen LogP contribution in [0.25, 0.3) is 10.9 Å². The molecule has 0 aliphatic rings. The molecular formula is C17H22N2O4. The third-order valence-corrected chi connectivity index (χ3v) is 3.28. The highest BCUT2D eigenvalue weighted by Crippen LogP contribution is 2.30. The van der Waals surface area contributed by atoms with E-state index in [0.29, 0.717) is 43.2 Å². The molecule has 2 N–H and O–H groups in total. The first kappa shape index (κ1) is 17.0. The lowest BCUT2D eigenvalue weighted by molar-refractivity contribution is 0.0527. The predicted molar refractivity (Wildman–Crippen MR) is 89.1 cm³/mol. The molecular weight excluding hydrogens is 296 g/mol. The van der Waals surface area contributed by atoms with Crippen molar-refractivity contribution in [3.05, 3.63) is 30.0 Å². The number of nitrogens with zero attached hydrogens (tertiary/aromatic N) is 1. The molecule has 0 amide bonds. The average Bonchev–Trinajstić information content (AvgIpc) is 2.55. The minimum absolute atomic E-state index is 0.0783. The van der Waals surface area contributed by atoms with Crippen LogP contribution in [0.15, 0.2) is 24.4 Å². The molecule has 0 radical (unpaired) electrons. The zero-order valence-electron chi connectivity index (χ0n) is 13.5. The maximum absolute atomic E-state index is 12.2. The van der Waals surface area contributed by atoms with E-state index in [0.717, 1.165) is 10.9 Å². The lowest BCUT2D eigenvalue weighted by Crippen LogP contribution is -2.12. The summed E-state index contributed by atoms with van der Waals surface area (Å²) in [5.74, 6) is 0.295. The van der Waals surface area contributed by atoms with Gasteiger partial charge in [0.15, 0.2) is 0 Å². The topological polar surface area (TPSA) is 80.7 Å². The third kappa shape index (κ3) is 4.10. The van der Waals surface area contributed by atoms with E-state index in [9.17, 15) is 4.79 Å². The lowest BCUT2D eigenvalue weighted by Gasteiger charge is -2.14. The van der Waals surface area contributed by atoms with Gasteiger partial charge in [-0.3, -0.25) is 4.98 Å². The number of carbonyl (C=O) groups is 1. The molecule has 23 heavy (non-hydrogen) atoms. The number of hydrogen-bond acceptors (Lipinski definition) is 6. The van der Waals surface area contributed by atoms with Crippen LogP contribution in [0, 0.1) is 0 Å². The molecule has 6 heteroatoms. The number of anilines is 1. The number of benzene rings is 1. The van der Waals surface area contributed by atoms with Crippen LogP contribution in [0.4, 0.5) is 5.69 Å². The van der Waals surface area contributed by atoms with Crippen molar-refractivity contribution in [2.45, 2.75) is 20.3 Å². The van der Waals surface area contributed by atoms with Gasteiger partial charge in [-0.25, -0.2) is 4.79 Å². The van der Waals surface area contributed by atoms with Crippen molar-refractivity contribution in [2.75, 3.05) is 31.7 Å². The first-order valence-electron chi connectivity index (χ1n) is 7.78. The molecule has 1 heterocycles. The highest BCUT2D eigenvalue weighted by atomic mass is 16.5. The standard InChI is InChI=1S/C17H22N2O4/c1-3-22-12-6-7-15-13(10-12)16(18-8-5-9-20)14(11-19-15)17(21)23-4-2/h6-7,10-11,20H,3-5,8-9H2,1-2H3,(H,18,19). The Bertz CT molecular complexity index is 673. The fraction of sp³-hybridized carbons (Fsp3) is 0.412. The van der Waals surface area contributed by atoms with Crippen molar-refractivity contribution in [2.24, 2.45) is 0 Å². The lowest BCUT2D eigenvalue weighted by atomic mass is 10.1. The average molecular weight is 318 g/mol. The van der Waals surface area contributed by atoms with E-state index in [4.69, 9.17) is 14.6 Å². The molecule has 0 aliphatic carbocycles. The zero-order valence-corrected chi connectivity index (χ0v) is 13.5. The van der Waals surface area contributed by atoms with Crippen LogP contribution in [0.1, 0.15) is 30.6 Å². The number of carbonyl (C=O) groups excluding carboxylic acids is 1. The summed E-state index contributed by atoms with van der Waals surface area (Å²) in [6.07, 6.45) is 2.10. The highest BCUT2D eigenvalue weighted by molar-refractivity contribution is 6.05. The number of nitrogens with one attached hydrogen (secondary N) is 1. The largest absolute Gasteiger partial charge is 0.494 e. The maximum Gasteiger partial charge on any atom is 0.341 e. The number of rotatable bonds is 8. The number of aliphatic hydroxyl groups excluding tert-OH is 1. The summed E-state index contributed by atoms with van der Waals surface area (Å²) in [7, 11) is 0. The Morgan fingerprint density at radius 2 is 2.13 bits per heavy atom. The van der Waals surface area contributed by atoms with Crippen molar-refractivity contribution in [3.8, 4) is 5.75 Å². The van der Waals surface area contributed by atoms with E-state index in [-0.39, 0.29) is 6.61 Å². The molecule has 0 saturated carbocycles. The molecule has 0 aliphatic heterocycles. The second kappa shape index (κ2) is 8.33. The minimum Gasteiger partial charge on any atom is -0.494 e. The van der Waals surface area contributed by atoms with Crippen LogP contribution in [-0.4, -0.2) is 42.4 Å². The second-order valence-electron chi connectivity index (χ2n) is 4.88. The van der Waals surface area contributed by atoms with Gasteiger partial charge in [-0.1, -0.05) is 0 Å². The van der Waals surface area contributed by atoms with Crippen LogP contribution in [0.5, 0.6) is 5.75 Å². The van der Waals surface area contributed by atoms with Crippen molar-refractivity contribution in [3.63, 3.8) is 0 Å². The maximum atomic E-state index is 12.2. The smallest absolute Gasteiger partial charge is 0.341 e. The molecule has 0 atom stereocenters. The predicted octanol–water partition coefficient (Wildman–Crippen LogP) is 2.60. The summed E-state index contributed by atoms with van der Waals surface area (Å²) in [6.45, 7) is 5.15. The number of pyridine rings is 1. The van der Waals surface area contributed by atoms with Crippen LogP contribution < -0.4 is 10.1 Å². The van der Waals surface area contributed by atoms with Gasteiger partial charge in [-0.2, -0.15) is 0 Å².